The number of H-pyrrole nitrogens is 1. The van der Waals surface area contributed by atoms with E-state index in [1.54, 1.807) is 18.5 Å². The SMILES string of the molecule is CN(c1cc(Br)c2[nH]c(C(=O)O)cc2c1)c1nccc(-c2ccccn2)n1. The Labute approximate surface area is 162 Å². The Kier molecular flexibility index (Phi) is 4.33. The minimum atomic E-state index is -1.00. The number of carboxylic acids is 1. The summed E-state index contributed by atoms with van der Waals surface area (Å²) in [6.45, 7) is 0. The zero-order valence-electron chi connectivity index (χ0n) is 14.2. The Balaban J connectivity index is 1.74. The highest BCUT2D eigenvalue weighted by Crippen LogP contribution is 2.32. The molecule has 0 saturated heterocycles. The molecule has 134 valence electrons. The van der Waals surface area contributed by atoms with Gasteiger partial charge in [0.1, 0.15) is 5.69 Å². The number of halogens is 1. The topological polar surface area (TPSA) is 95.0 Å². The zero-order chi connectivity index (χ0) is 19.0. The molecule has 4 rings (SSSR count). The highest BCUT2D eigenvalue weighted by Gasteiger charge is 2.15. The van der Waals surface area contributed by atoms with Crippen LogP contribution in [0.25, 0.3) is 22.3 Å². The first kappa shape index (κ1) is 17.2. The number of aromatic carboxylic acids is 1. The number of carboxylic acid groups (broad SMARTS) is 1. The number of carbonyl (C=O) groups is 1. The molecular formula is C19H14BrN5O2. The second kappa shape index (κ2) is 6.81. The van der Waals surface area contributed by atoms with Gasteiger partial charge >= 0.3 is 5.97 Å². The van der Waals surface area contributed by atoms with Crippen LogP contribution in [0, 0.1) is 0 Å². The van der Waals surface area contributed by atoms with E-state index in [4.69, 9.17) is 0 Å². The van der Waals surface area contributed by atoms with Crippen LogP contribution in [0.4, 0.5) is 11.6 Å². The van der Waals surface area contributed by atoms with Crippen LogP contribution in [-0.4, -0.2) is 38.1 Å². The number of hydrogen-bond acceptors (Lipinski definition) is 5. The van der Waals surface area contributed by atoms with Crippen molar-refractivity contribution in [1.29, 1.82) is 0 Å². The Morgan fingerprint density at radius 3 is 2.70 bits per heavy atom. The Morgan fingerprint density at radius 2 is 1.96 bits per heavy atom. The molecule has 3 heterocycles. The molecule has 27 heavy (non-hydrogen) atoms. The van der Waals surface area contributed by atoms with Crippen molar-refractivity contribution in [1.82, 2.24) is 19.9 Å². The molecule has 0 aliphatic heterocycles. The summed E-state index contributed by atoms with van der Waals surface area (Å²) < 4.78 is 0.759. The zero-order valence-corrected chi connectivity index (χ0v) is 15.8. The van der Waals surface area contributed by atoms with Crippen LogP contribution in [0.1, 0.15) is 10.5 Å². The van der Waals surface area contributed by atoms with Gasteiger partial charge in [-0.2, -0.15) is 0 Å². The molecule has 1 aromatic carbocycles. The van der Waals surface area contributed by atoms with Crippen LogP contribution >= 0.6 is 15.9 Å². The highest BCUT2D eigenvalue weighted by atomic mass is 79.9. The fourth-order valence-electron chi connectivity index (χ4n) is 2.78. The van der Waals surface area contributed by atoms with E-state index in [0.717, 1.165) is 32.5 Å². The summed E-state index contributed by atoms with van der Waals surface area (Å²) in [6.07, 6.45) is 3.41. The van der Waals surface area contributed by atoms with Crippen LogP contribution in [-0.2, 0) is 0 Å². The quantitative estimate of drug-likeness (QED) is 0.509. The average Bonchev–Trinajstić information content (AvgIpc) is 3.13. The van der Waals surface area contributed by atoms with Crippen molar-refractivity contribution in [3.8, 4) is 11.4 Å². The molecule has 4 aromatic rings. The second-order valence-electron chi connectivity index (χ2n) is 5.90. The van der Waals surface area contributed by atoms with Crippen molar-refractivity contribution in [3.05, 3.63) is 65.0 Å². The smallest absolute Gasteiger partial charge is 0.352 e. The first-order valence-electron chi connectivity index (χ1n) is 8.06. The average molecular weight is 424 g/mol. The van der Waals surface area contributed by atoms with E-state index in [-0.39, 0.29) is 5.69 Å². The van der Waals surface area contributed by atoms with Gasteiger partial charge in [-0.3, -0.25) is 4.98 Å². The molecule has 0 bridgehead atoms. The maximum atomic E-state index is 11.2. The molecule has 0 spiro atoms. The monoisotopic (exact) mass is 423 g/mol. The maximum Gasteiger partial charge on any atom is 0.352 e. The highest BCUT2D eigenvalue weighted by molar-refractivity contribution is 9.10. The summed E-state index contributed by atoms with van der Waals surface area (Å²) in [7, 11) is 1.86. The molecular weight excluding hydrogens is 410 g/mol. The van der Waals surface area contributed by atoms with Gasteiger partial charge in [0.25, 0.3) is 0 Å². The largest absolute Gasteiger partial charge is 0.477 e. The van der Waals surface area contributed by atoms with Gasteiger partial charge in [0.2, 0.25) is 5.95 Å². The molecule has 8 heteroatoms. The summed E-state index contributed by atoms with van der Waals surface area (Å²) in [5, 5.41) is 9.97. The lowest BCUT2D eigenvalue weighted by atomic mass is 10.2. The van der Waals surface area contributed by atoms with E-state index in [2.05, 4.69) is 35.9 Å². The molecule has 0 aliphatic carbocycles. The molecule has 2 N–H and O–H groups in total. The lowest BCUT2D eigenvalue weighted by Gasteiger charge is -2.18. The van der Waals surface area contributed by atoms with E-state index in [1.807, 2.05) is 48.3 Å². The van der Waals surface area contributed by atoms with Crippen molar-refractivity contribution >= 4 is 44.4 Å². The predicted molar refractivity (Wildman–Crippen MR) is 106 cm³/mol. The Hall–Kier alpha value is -3.26. The Morgan fingerprint density at radius 1 is 1.11 bits per heavy atom. The molecule has 7 nitrogen and oxygen atoms in total. The van der Waals surface area contributed by atoms with Crippen LogP contribution in [0.2, 0.25) is 0 Å². The van der Waals surface area contributed by atoms with E-state index in [9.17, 15) is 9.90 Å². The fraction of sp³-hybridized carbons (Fsp3) is 0.0526. The van der Waals surface area contributed by atoms with Crippen LogP contribution in [0.5, 0.6) is 0 Å². The third kappa shape index (κ3) is 3.26. The lowest BCUT2D eigenvalue weighted by molar-refractivity contribution is 0.0691. The van der Waals surface area contributed by atoms with Crippen LogP contribution < -0.4 is 4.90 Å². The van der Waals surface area contributed by atoms with Gasteiger partial charge in [0.15, 0.2) is 0 Å². The second-order valence-corrected chi connectivity index (χ2v) is 6.75. The summed E-state index contributed by atoms with van der Waals surface area (Å²) in [5.74, 6) is -0.488. The first-order valence-corrected chi connectivity index (χ1v) is 8.86. The Bertz CT molecular complexity index is 1140. The summed E-state index contributed by atoms with van der Waals surface area (Å²) >= 11 is 3.50. The first-order chi connectivity index (χ1) is 13.0. The molecule has 0 aliphatic rings. The van der Waals surface area contributed by atoms with E-state index in [1.165, 1.54) is 0 Å². The van der Waals surface area contributed by atoms with Gasteiger partial charge < -0.3 is 15.0 Å². The molecule has 0 atom stereocenters. The van der Waals surface area contributed by atoms with Crippen molar-refractivity contribution in [2.24, 2.45) is 0 Å². The fourth-order valence-corrected chi connectivity index (χ4v) is 3.34. The summed E-state index contributed by atoms with van der Waals surface area (Å²) in [6, 6.07) is 12.8. The van der Waals surface area contributed by atoms with E-state index >= 15 is 0 Å². The molecule has 3 aromatic heterocycles. The minimum absolute atomic E-state index is 0.138. The van der Waals surface area contributed by atoms with Crippen molar-refractivity contribution < 1.29 is 9.90 Å². The summed E-state index contributed by atoms with van der Waals surface area (Å²) in [4.78, 5) is 29.2. The number of pyridine rings is 1. The maximum absolute atomic E-state index is 11.2. The number of rotatable bonds is 4. The molecule has 0 saturated carbocycles. The molecule has 0 amide bonds. The van der Waals surface area contributed by atoms with Crippen molar-refractivity contribution in [2.45, 2.75) is 0 Å². The van der Waals surface area contributed by atoms with Gasteiger partial charge in [-0.05, 0) is 52.3 Å². The van der Waals surface area contributed by atoms with Gasteiger partial charge in [-0.25, -0.2) is 14.8 Å². The predicted octanol–water partition coefficient (Wildman–Crippen LogP) is 4.25. The van der Waals surface area contributed by atoms with E-state index < -0.39 is 5.97 Å². The van der Waals surface area contributed by atoms with Crippen molar-refractivity contribution in [3.63, 3.8) is 0 Å². The lowest BCUT2D eigenvalue weighted by Crippen LogP contribution is -2.13. The van der Waals surface area contributed by atoms with Gasteiger partial charge in [-0.15, -0.1) is 0 Å². The summed E-state index contributed by atoms with van der Waals surface area (Å²) in [5.41, 5.74) is 3.18. The minimum Gasteiger partial charge on any atom is -0.477 e. The number of hydrogen-bond donors (Lipinski definition) is 2. The molecule has 0 radical (unpaired) electrons. The van der Waals surface area contributed by atoms with Gasteiger partial charge in [-0.1, -0.05) is 6.07 Å². The number of nitrogens with zero attached hydrogens (tertiary/aromatic N) is 4. The number of anilines is 2. The number of aromatic nitrogens is 4. The number of benzene rings is 1. The van der Waals surface area contributed by atoms with Gasteiger partial charge in [0, 0.05) is 35.0 Å². The number of nitrogens with one attached hydrogen (secondary N) is 1. The van der Waals surface area contributed by atoms with E-state index in [0.29, 0.717) is 5.95 Å². The number of aromatic amines is 1. The van der Waals surface area contributed by atoms with Gasteiger partial charge in [0.05, 0.1) is 16.9 Å². The van der Waals surface area contributed by atoms with Crippen molar-refractivity contribution in [2.75, 3.05) is 11.9 Å². The van der Waals surface area contributed by atoms with Crippen LogP contribution in [0.3, 0.4) is 0 Å². The normalized spacial score (nSPS) is 10.9. The molecule has 0 fully saturated rings. The van der Waals surface area contributed by atoms with Crippen LogP contribution in [0.15, 0.2) is 59.3 Å². The standard InChI is InChI=1S/C19H14BrN5O2/c1-25(19-22-7-5-15(24-19)14-4-2-3-6-21-14)12-8-11-9-16(18(26)27)23-17(11)13(20)10-12/h2-10,23H,1H3,(H,26,27). The number of fused-ring (bicyclic) bond motifs is 1. The third-order valence-corrected chi connectivity index (χ3v) is 4.78. The third-order valence-electron chi connectivity index (χ3n) is 4.15. The molecule has 0 unspecified atom stereocenters.